The fourth-order valence-electron chi connectivity index (χ4n) is 1.19. The molecule has 0 saturated heterocycles. The highest BCUT2D eigenvalue weighted by atomic mass is 33.1. The Kier molecular flexibility index (Phi) is 4.11. The maximum absolute atomic E-state index is 10.7. The lowest BCUT2D eigenvalue weighted by Gasteiger charge is -2.00. The molecule has 0 aliphatic heterocycles. The van der Waals surface area contributed by atoms with Gasteiger partial charge in [-0.15, -0.1) is 0 Å². The summed E-state index contributed by atoms with van der Waals surface area (Å²) in [6, 6.07) is 6.91. The Morgan fingerprint density at radius 2 is 2.12 bits per heavy atom. The number of hydrogen-bond acceptors (Lipinski definition) is 4. The van der Waals surface area contributed by atoms with Crippen molar-refractivity contribution in [1.29, 1.82) is 0 Å². The number of aromatic amines is 1. The van der Waals surface area contributed by atoms with Crippen molar-refractivity contribution in [3.05, 3.63) is 47.8 Å². The minimum absolute atomic E-state index is 0.317. The van der Waals surface area contributed by atoms with Gasteiger partial charge >= 0.3 is 5.97 Å². The van der Waals surface area contributed by atoms with E-state index in [1.165, 1.54) is 0 Å². The topological polar surface area (TPSA) is 66.0 Å². The zero-order valence-electron chi connectivity index (χ0n) is 8.79. The summed E-state index contributed by atoms with van der Waals surface area (Å²) in [5.41, 5.74) is 1.41. The molecule has 2 rings (SSSR count). The van der Waals surface area contributed by atoms with Gasteiger partial charge < -0.3 is 10.1 Å². The summed E-state index contributed by atoms with van der Waals surface area (Å²) in [4.78, 5) is 17.8. The quantitative estimate of drug-likeness (QED) is 0.814. The average Bonchev–Trinajstić information content (AvgIpc) is 2.83. The van der Waals surface area contributed by atoms with E-state index in [0.29, 0.717) is 5.56 Å². The highest BCUT2D eigenvalue weighted by molar-refractivity contribution is 8.76. The van der Waals surface area contributed by atoms with Crippen LogP contribution in [0.15, 0.2) is 41.8 Å². The van der Waals surface area contributed by atoms with Gasteiger partial charge in [-0.2, -0.15) is 0 Å². The minimum Gasteiger partial charge on any atom is -0.478 e. The molecule has 6 heteroatoms. The van der Waals surface area contributed by atoms with Crippen LogP contribution in [0, 0.1) is 0 Å². The number of hydrogen-bond donors (Lipinski definition) is 2. The number of carboxylic acid groups (broad SMARTS) is 1. The number of aromatic nitrogens is 2. The van der Waals surface area contributed by atoms with Gasteiger partial charge in [0.1, 0.15) is 0 Å². The first kappa shape index (κ1) is 12.1. The SMILES string of the molecule is O=C(O)c1ccc(CSSc2ncc[nH]2)cc1. The van der Waals surface area contributed by atoms with E-state index in [-0.39, 0.29) is 0 Å². The lowest BCUT2D eigenvalue weighted by atomic mass is 10.1. The third kappa shape index (κ3) is 3.54. The van der Waals surface area contributed by atoms with E-state index in [2.05, 4.69) is 9.97 Å². The van der Waals surface area contributed by atoms with Crippen LogP contribution in [0.25, 0.3) is 0 Å². The van der Waals surface area contributed by atoms with Crippen LogP contribution < -0.4 is 0 Å². The second-order valence-electron chi connectivity index (χ2n) is 3.24. The van der Waals surface area contributed by atoms with Crippen LogP contribution in [0.1, 0.15) is 15.9 Å². The van der Waals surface area contributed by atoms with Gasteiger partial charge in [-0.05, 0) is 28.5 Å². The molecule has 0 amide bonds. The Morgan fingerprint density at radius 3 is 2.71 bits per heavy atom. The van der Waals surface area contributed by atoms with Gasteiger partial charge in [0.25, 0.3) is 0 Å². The van der Waals surface area contributed by atoms with Crippen molar-refractivity contribution in [3.63, 3.8) is 0 Å². The normalized spacial score (nSPS) is 10.4. The molecule has 0 radical (unpaired) electrons. The van der Waals surface area contributed by atoms with Gasteiger partial charge in [-0.25, -0.2) is 9.78 Å². The lowest BCUT2D eigenvalue weighted by Crippen LogP contribution is -1.95. The number of nitrogens with zero attached hydrogens (tertiary/aromatic N) is 1. The average molecular weight is 266 g/mol. The van der Waals surface area contributed by atoms with Crippen LogP contribution in [-0.4, -0.2) is 21.0 Å². The van der Waals surface area contributed by atoms with Crippen molar-refractivity contribution in [1.82, 2.24) is 9.97 Å². The molecule has 0 unspecified atom stereocenters. The van der Waals surface area contributed by atoms with Gasteiger partial charge in [-0.1, -0.05) is 22.9 Å². The van der Waals surface area contributed by atoms with E-state index in [4.69, 9.17) is 5.11 Å². The predicted octanol–water partition coefficient (Wildman–Crippen LogP) is 3.05. The molecule has 2 N–H and O–H groups in total. The molecule has 4 nitrogen and oxygen atoms in total. The largest absolute Gasteiger partial charge is 0.478 e. The van der Waals surface area contributed by atoms with Crippen molar-refractivity contribution < 1.29 is 9.90 Å². The summed E-state index contributed by atoms with van der Waals surface area (Å²) in [5.74, 6) is -0.0835. The Bertz CT molecular complexity index is 483. The summed E-state index contributed by atoms with van der Waals surface area (Å²) in [7, 11) is 3.22. The molecule has 0 saturated carbocycles. The number of benzene rings is 1. The second-order valence-corrected chi connectivity index (χ2v) is 5.53. The van der Waals surface area contributed by atoms with Crippen molar-refractivity contribution in [3.8, 4) is 0 Å². The third-order valence-electron chi connectivity index (χ3n) is 2.04. The van der Waals surface area contributed by atoms with Crippen molar-refractivity contribution in [2.24, 2.45) is 0 Å². The highest BCUT2D eigenvalue weighted by Gasteiger charge is 2.02. The molecule has 0 fully saturated rings. The molecule has 1 aromatic heterocycles. The first-order chi connectivity index (χ1) is 8.25. The van der Waals surface area contributed by atoms with Gasteiger partial charge in [-0.3, -0.25) is 0 Å². The van der Waals surface area contributed by atoms with E-state index in [1.54, 1.807) is 46.1 Å². The van der Waals surface area contributed by atoms with Crippen LogP contribution in [0.5, 0.6) is 0 Å². The Hall–Kier alpha value is -1.40. The summed E-state index contributed by atoms with van der Waals surface area (Å²) in [6.45, 7) is 0. The minimum atomic E-state index is -0.894. The molecule has 0 spiro atoms. The van der Waals surface area contributed by atoms with E-state index in [1.807, 2.05) is 12.1 Å². The summed E-state index contributed by atoms with van der Waals surface area (Å²) < 4.78 is 0. The summed E-state index contributed by atoms with van der Waals surface area (Å²) in [5, 5.41) is 9.63. The highest BCUT2D eigenvalue weighted by Crippen LogP contribution is 2.30. The van der Waals surface area contributed by atoms with Crippen molar-refractivity contribution in [2.75, 3.05) is 0 Å². The number of nitrogens with one attached hydrogen (secondary N) is 1. The smallest absolute Gasteiger partial charge is 0.335 e. The van der Waals surface area contributed by atoms with Crippen LogP contribution in [-0.2, 0) is 5.75 Å². The van der Waals surface area contributed by atoms with Crippen LogP contribution in [0.3, 0.4) is 0 Å². The van der Waals surface area contributed by atoms with E-state index in [9.17, 15) is 4.79 Å². The van der Waals surface area contributed by atoms with E-state index >= 15 is 0 Å². The number of H-pyrrole nitrogens is 1. The third-order valence-corrected chi connectivity index (χ3v) is 4.17. The van der Waals surface area contributed by atoms with Crippen molar-refractivity contribution >= 4 is 27.6 Å². The number of carbonyl (C=O) groups is 1. The molecule has 1 heterocycles. The number of rotatable bonds is 5. The first-order valence-corrected chi connectivity index (χ1v) is 7.18. The van der Waals surface area contributed by atoms with Gasteiger partial charge in [0.05, 0.1) is 5.56 Å². The second kappa shape index (κ2) is 5.79. The number of aromatic carboxylic acids is 1. The van der Waals surface area contributed by atoms with Crippen molar-refractivity contribution in [2.45, 2.75) is 10.9 Å². The number of imidazole rings is 1. The Labute approximate surface area is 106 Å². The molecule has 0 bridgehead atoms. The van der Waals surface area contributed by atoms with Crippen LogP contribution in [0.2, 0.25) is 0 Å². The Morgan fingerprint density at radius 1 is 1.35 bits per heavy atom. The van der Waals surface area contributed by atoms with Crippen LogP contribution in [0.4, 0.5) is 0 Å². The fourth-order valence-corrected chi connectivity index (χ4v) is 3.11. The van der Waals surface area contributed by atoms with Gasteiger partial charge in [0, 0.05) is 18.1 Å². The zero-order valence-corrected chi connectivity index (χ0v) is 10.4. The molecule has 0 atom stereocenters. The maximum Gasteiger partial charge on any atom is 0.335 e. The summed E-state index contributed by atoms with van der Waals surface area (Å²) in [6.07, 6.45) is 3.50. The molecule has 88 valence electrons. The monoisotopic (exact) mass is 266 g/mol. The van der Waals surface area contributed by atoms with Crippen LogP contribution >= 0.6 is 21.6 Å². The van der Waals surface area contributed by atoms with Gasteiger partial charge in [0.15, 0.2) is 5.16 Å². The maximum atomic E-state index is 10.7. The standard InChI is InChI=1S/C11H10N2O2S2/c14-10(15)9-3-1-8(2-4-9)7-16-17-11-12-5-6-13-11/h1-6H,7H2,(H,12,13)(H,14,15). The molecule has 1 aromatic carbocycles. The lowest BCUT2D eigenvalue weighted by molar-refractivity contribution is 0.0697. The fraction of sp³-hybridized carbons (Fsp3) is 0.0909. The molecule has 2 aromatic rings. The molecule has 17 heavy (non-hydrogen) atoms. The predicted molar refractivity (Wildman–Crippen MR) is 69.1 cm³/mol. The first-order valence-electron chi connectivity index (χ1n) is 4.87. The number of carboxylic acids is 1. The molecule has 0 aliphatic rings. The zero-order chi connectivity index (χ0) is 12.1. The molecular weight excluding hydrogens is 256 g/mol. The molecular formula is C11H10N2O2S2. The Balaban J connectivity index is 1.85. The molecule has 0 aliphatic carbocycles. The van der Waals surface area contributed by atoms with E-state index < -0.39 is 5.97 Å². The van der Waals surface area contributed by atoms with Gasteiger partial charge in [0.2, 0.25) is 0 Å². The van der Waals surface area contributed by atoms with E-state index in [0.717, 1.165) is 16.5 Å². The summed E-state index contributed by atoms with van der Waals surface area (Å²) >= 11 is 0.